The molecular weight excluding hydrogens is 532 g/mol. The van der Waals surface area contributed by atoms with Gasteiger partial charge in [0.15, 0.2) is 11.5 Å². The average Bonchev–Trinajstić information content (AvgIpc) is 2.94. The van der Waals surface area contributed by atoms with Gasteiger partial charge in [-0.3, -0.25) is 15.0 Å². The molecule has 3 aromatic rings. The Morgan fingerprint density at radius 1 is 1.15 bits per heavy atom. The van der Waals surface area contributed by atoms with Gasteiger partial charge in [0.05, 0.1) is 25.0 Å². The Bertz CT molecular complexity index is 1380. The van der Waals surface area contributed by atoms with Gasteiger partial charge in [-0.1, -0.05) is 0 Å². The molecule has 11 heteroatoms. The fraction of sp³-hybridized carbons (Fsp3) is 0.367. The Labute approximate surface area is 239 Å². The number of nitrogens with zero attached hydrogens (tertiary/aromatic N) is 3. The van der Waals surface area contributed by atoms with Crippen molar-refractivity contribution in [3.8, 4) is 17.2 Å². The first kappa shape index (κ1) is 31.3. The number of hydrogen-bond donors (Lipinski definition) is 3. The van der Waals surface area contributed by atoms with E-state index in [1.807, 2.05) is 0 Å². The number of anilines is 1. The van der Waals surface area contributed by atoms with Gasteiger partial charge in [0.25, 0.3) is 0 Å². The molecule has 0 radical (unpaired) electrons. The van der Waals surface area contributed by atoms with Crippen molar-refractivity contribution in [2.24, 2.45) is 9.98 Å². The molecule has 4 N–H and O–H groups in total. The van der Waals surface area contributed by atoms with Gasteiger partial charge in [0.1, 0.15) is 30.4 Å². The van der Waals surface area contributed by atoms with Gasteiger partial charge in [-0.2, -0.15) is 8.78 Å². The monoisotopic (exact) mass is 569 g/mol. The highest BCUT2D eigenvalue weighted by atomic mass is 19.3. The lowest BCUT2D eigenvalue weighted by Gasteiger charge is -2.30. The number of amidine groups is 1. The smallest absolute Gasteiger partial charge is 0.300 e. The van der Waals surface area contributed by atoms with E-state index in [1.165, 1.54) is 19.2 Å². The maximum absolute atomic E-state index is 15.0. The Hall–Kier alpha value is -4.25. The minimum atomic E-state index is -3.52. The minimum absolute atomic E-state index is 0.148. The fourth-order valence-corrected chi connectivity index (χ4v) is 4.01. The van der Waals surface area contributed by atoms with Gasteiger partial charge in [-0.15, -0.1) is 0 Å². The highest BCUT2D eigenvalue weighted by molar-refractivity contribution is 6.04. The summed E-state index contributed by atoms with van der Waals surface area (Å²) in [5.41, 5.74) is 5.13. The van der Waals surface area contributed by atoms with Crippen molar-refractivity contribution < 1.29 is 28.1 Å². The molecule has 3 rings (SSSR count). The molecule has 2 aromatic carbocycles. The zero-order chi connectivity index (χ0) is 30.2. The van der Waals surface area contributed by atoms with Crippen molar-refractivity contribution in [3.63, 3.8) is 0 Å². The average molecular weight is 570 g/mol. The minimum Gasteiger partial charge on any atom is -0.493 e. The summed E-state index contributed by atoms with van der Waals surface area (Å²) in [6.07, 6.45) is 4.91. The van der Waals surface area contributed by atoms with E-state index in [-0.39, 0.29) is 24.5 Å². The molecule has 0 saturated heterocycles. The van der Waals surface area contributed by atoms with Crippen LogP contribution in [-0.4, -0.2) is 55.1 Å². The third-order valence-corrected chi connectivity index (χ3v) is 6.23. The van der Waals surface area contributed by atoms with Crippen LogP contribution in [0.15, 0.2) is 64.8 Å². The number of hydrogen-bond acceptors (Lipinski definition) is 8. The van der Waals surface area contributed by atoms with Crippen molar-refractivity contribution in [2.45, 2.75) is 45.3 Å². The van der Waals surface area contributed by atoms with Crippen molar-refractivity contribution in [1.82, 2.24) is 10.3 Å². The molecular formula is C30H37F2N5O4. The predicted octanol–water partition coefficient (Wildman–Crippen LogP) is 5.44. The van der Waals surface area contributed by atoms with Crippen LogP contribution < -0.4 is 25.3 Å². The normalized spacial score (nSPS) is 13.2. The van der Waals surface area contributed by atoms with Crippen LogP contribution in [0.2, 0.25) is 0 Å². The molecule has 1 aromatic heterocycles. The van der Waals surface area contributed by atoms with Crippen molar-refractivity contribution in [2.75, 3.05) is 33.1 Å². The number of nitrogen functional groups attached to an aromatic ring is 1. The Morgan fingerprint density at radius 2 is 1.88 bits per heavy atom. The van der Waals surface area contributed by atoms with Gasteiger partial charge < -0.3 is 30.4 Å². The Balaban J connectivity index is 1.89. The SMILES string of the molecule is C/C=N/c1cc(OC)c(OCCOc2cccnc2)cc1/C(=N\C)N[C@H](C)c1cc(N)cc(C(F)(F)C(C)(C)O)c1. The number of nitrogens with two attached hydrogens (primary N) is 1. The maximum Gasteiger partial charge on any atom is 0.300 e. The number of aliphatic hydroxyl groups is 1. The zero-order valence-electron chi connectivity index (χ0n) is 24.1. The van der Waals surface area contributed by atoms with Crippen LogP contribution >= 0.6 is 0 Å². The number of aliphatic imine (C=N–C) groups is 2. The van der Waals surface area contributed by atoms with Crippen molar-refractivity contribution in [3.05, 3.63) is 71.5 Å². The second-order valence-corrected chi connectivity index (χ2v) is 9.75. The largest absolute Gasteiger partial charge is 0.493 e. The molecule has 9 nitrogen and oxygen atoms in total. The molecule has 0 aliphatic heterocycles. The van der Waals surface area contributed by atoms with Crippen LogP contribution in [0.4, 0.5) is 20.2 Å². The molecule has 220 valence electrons. The lowest BCUT2D eigenvalue weighted by atomic mass is 9.91. The van der Waals surface area contributed by atoms with E-state index in [2.05, 4.69) is 20.3 Å². The number of benzene rings is 2. The molecule has 0 unspecified atom stereocenters. The topological polar surface area (TPSA) is 124 Å². The second kappa shape index (κ2) is 13.4. The number of halogens is 2. The van der Waals surface area contributed by atoms with Crippen LogP contribution in [0.1, 0.15) is 50.4 Å². The summed E-state index contributed by atoms with van der Waals surface area (Å²) in [7, 11) is 3.14. The van der Waals surface area contributed by atoms with Gasteiger partial charge in [-0.25, -0.2) is 0 Å². The molecule has 1 atom stereocenters. The molecule has 1 heterocycles. The third kappa shape index (κ3) is 7.69. The second-order valence-electron chi connectivity index (χ2n) is 9.75. The molecule has 0 saturated carbocycles. The number of aromatic nitrogens is 1. The van der Waals surface area contributed by atoms with E-state index in [9.17, 15) is 13.9 Å². The van der Waals surface area contributed by atoms with Crippen LogP contribution in [0.5, 0.6) is 17.2 Å². The summed E-state index contributed by atoms with van der Waals surface area (Å²) < 4.78 is 47.1. The first-order valence-corrected chi connectivity index (χ1v) is 13.0. The van der Waals surface area contributed by atoms with E-state index in [0.717, 1.165) is 13.8 Å². The summed E-state index contributed by atoms with van der Waals surface area (Å²) in [5, 5.41) is 13.3. The van der Waals surface area contributed by atoms with Crippen LogP contribution in [0.3, 0.4) is 0 Å². The molecule has 0 aliphatic carbocycles. The highest BCUT2D eigenvalue weighted by Crippen LogP contribution is 2.40. The highest BCUT2D eigenvalue weighted by Gasteiger charge is 2.47. The van der Waals surface area contributed by atoms with E-state index < -0.39 is 17.6 Å². The van der Waals surface area contributed by atoms with Crippen LogP contribution in [-0.2, 0) is 5.92 Å². The zero-order valence-corrected chi connectivity index (χ0v) is 24.1. The van der Waals surface area contributed by atoms with Gasteiger partial charge in [-0.05, 0) is 69.7 Å². The lowest BCUT2D eigenvalue weighted by Crippen LogP contribution is -2.40. The van der Waals surface area contributed by atoms with Crippen molar-refractivity contribution in [1.29, 1.82) is 0 Å². The van der Waals surface area contributed by atoms with E-state index in [1.54, 1.807) is 69.8 Å². The van der Waals surface area contributed by atoms with Crippen LogP contribution in [0.25, 0.3) is 0 Å². The number of alkyl halides is 2. The number of pyridine rings is 1. The first-order valence-electron chi connectivity index (χ1n) is 13.0. The van der Waals surface area contributed by atoms with Gasteiger partial charge >= 0.3 is 5.92 Å². The molecule has 0 aliphatic rings. The van der Waals surface area contributed by atoms with E-state index in [0.29, 0.717) is 39.9 Å². The van der Waals surface area contributed by atoms with E-state index in [4.69, 9.17) is 19.9 Å². The van der Waals surface area contributed by atoms with Crippen LogP contribution in [0, 0.1) is 0 Å². The molecule has 0 fully saturated rings. The predicted molar refractivity (Wildman–Crippen MR) is 157 cm³/mol. The number of ether oxygens (including phenoxy) is 3. The lowest BCUT2D eigenvalue weighted by molar-refractivity contribution is -0.168. The molecule has 0 bridgehead atoms. The summed E-state index contributed by atoms with van der Waals surface area (Å²) in [4.78, 5) is 12.9. The van der Waals surface area contributed by atoms with Crippen molar-refractivity contribution >= 4 is 23.4 Å². The molecule has 0 amide bonds. The summed E-state index contributed by atoms with van der Waals surface area (Å²) >= 11 is 0. The Morgan fingerprint density at radius 3 is 2.49 bits per heavy atom. The first-order chi connectivity index (χ1) is 19.4. The number of nitrogens with one attached hydrogen (secondary N) is 1. The fourth-order valence-electron chi connectivity index (χ4n) is 4.01. The third-order valence-electron chi connectivity index (χ3n) is 6.23. The summed E-state index contributed by atoms with van der Waals surface area (Å²) in [5.74, 6) is -1.55. The number of methoxy groups -OCH3 is 1. The summed E-state index contributed by atoms with van der Waals surface area (Å²) in [6, 6.07) is 10.7. The Kier molecular flexibility index (Phi) is 10.2. The van der Waals surface area contributed by atoms with Gasteiger partial charge in [0.2, 0.25) is 0 Å². The number of rotatable bonds is 12. The molecule has 41 heavy (non-hydrogen) atoms. The standard InChI is InChI=1S/C30H37F2N5O4/c1-7-36-25-17-26(39-6)27(41-12-11-40-23-9-8-10-35-18-23)16-24(25)28(34-5)37-19(2)20-13-21(15-22(33)14-20)30(31,32)29(3,4)38/h7-10,13-19,38H,11-12,33H2,1-6H3,(H,34,37)/b36-7+/t19-/m1/s1. The quantitative estimate of drug-likeness (QED) is 0.115. The molecule has 0 spiro atoms. The van der Waals surface area contributed by atoms with E-state index >= 15 is 0 Å². The van der Waals surface area contributed by atoms with Gasteiger partial charge in [0, 0.05) is 42.3 Å². The summed E-state index contributed by atoms with van der Waals surface area (Å²) in [6.45, 7) is 6.20. The maximum atomic E-state index is 15.0.